The molecule has 0 fully saturated rings. The molecule has 6 heteroatoms. The minimum Gasteiger partial charge on any atom is -0.356 e. The first-order valence-corrected chi connectivity index (χ1v) is 6.79. The summed E-state index contributed by atoms with van der Waals surface area (Å²) in [6.45, 7) is 5.25. The zero-order valence-corrected chi connectivity index (χ0v) is 11.9. The maximum Gasteiger partial charge on any atom is 0.269 e. The first kappa shape index (κ1) is 16.1. The predicted octanol–water partition coefficient (Wildman–Crippen LogP) is 2.16. The quantitative estimate of drug-likeness (QED) is 0.564. The van der Waals surface area contributed by atoms with Crippen LogP contribution >= 0.6 is 0 Å². The normalized spacial score (nSPS) is 11.9. The van der Waals surface area contributed by atoms with Crippen LogP contribution in [0.15, 0.2) is 24.3 Å². The van der Waals surface area contributed by atoms with Crippen molar-refractivity contribution in [2.75, 3.05) is 13.1 Å². The average molecular weight is 279 g/mol. The molecule has 110 valence electrons. The van der Waals surface area contributed by atoms with Crippen molar-refractivity contribution in [2.45, 2.75) is 32.7 Å². The van der Waals surface area contributed by atoms with Crippen LogP contribution < -0.4 is 10.6 Å². The number of non-ortho nitro benzene ring substituents is 1. The van der Waals surface area contributed by atoms with E-state index < -0.39 is 4.92 Å². The third-order valence-corrected chi connectivity index (χ3v) is 2.98. The second kappa shape index (κ2) is 8.27. The lowest BCUT2D eigenvalue weighted by Gasteiger charge is -2.14. The average Bonchev–Trinajstić information content (AvgIpc) is 2.45. The molecule has 0 heterocycles. The number of nitrogens with one attached hydrogen (secondary N) is 2. The molecule has 0 aliphatic heterocycles. The van der Waals surface area contributed by atoms with Crippen LogP contribution in [0, 0.1) is 10.1 Å². The Bertz CT molecular complexity index is 445. The van der Waals surface area contributed by atoms with Crippen molar-refractivity contribution in [2.24, 2.45) is 0 Å². The van der Waals surface area contributed by atoms with Gasteiger partial charge in [0.15, 0.2) is 0 Å². The van der Waals surface area contributed by atoms with E-state index in [-0.39, 0.29) is 17.6 Å². The fourth-order valence-electron chi connectivity index (χ4n) is 1.76. The van der Waals surface area contributed by atoms with Crippen LogP contribution in [0.2, 0.25) is 0 Å². The second-order valence-corrected chi connectivity index (χ2v) is 4.62. The second-order valence-electron chi connectivity index (χ2n) is 4.62. The van der Waals surface area contributed by atoms with E-state index in [0.717, 1.165) is 12.0 Å². The molecular formula is C14H21N3O3. The molecule has 6 nitrogen and oxygen atoms in total. The number of carbonyl (C=O) groups is 1. The molecule has 1 amide bonds. The number of amides is 1. The number of hydrogen-bond donors (Lipinski definition) is 2. The maximum atomic E-state index is 11.4. The van der Waals surface area contributed by atoms with E-state index in [1.807, 2.05) is 13.8 Å². The first-order chi connectivity index (χ1) is 9.54. The zero-order valence-electron chi connectivity index (χ0n) is 11.9. The number of nitro benzene ring substituents is 1. The van der Waals surface area contributed by atoms with Gasteiger partial charge in [-0.3, -0.25) is 14.9 Å². The molecular weight excluding hydrogens is 258 g/mol. The van der Waals surface area contributed by atoms with E-state index in [4.69, 9.17) is 0 Å². The largest absolute Gasteiger partial charge is 0.356 e. The van der Waals surface area contributed by atoms with E-state index in [1.54, 1.807) is 12.1 Å². The Morgan fingerprint density at radius 3 is 2.50 bits per heavy atom. The fraction of sp³-hybridized carbons (Fsp3) is 0.500. The standard InChI is InChI=1S/C14H21N3O3/c1-3-9-16-14(18)8-10-15-11(2)12-4-6-13(7-5-12)17(19)20/h4-7,11,15H,3,8-10H2,1-2H3,(H,16,18). The van der Waals surface area contributed by atoms with E-state index in [0.29, 0.717) is 19.5 Å². The van der Waals surface area contributed by atoms with Crippen LogP contribution in [0.3, 0.4) is 0 Å². The summed E-state index contributed by atoms with van der Waals surface area (Å²) in [5, 5.41) is 16.6. The summed E-state index contributed by atoms with van der Waals surface area (Å²) in [6, 6.07) is 6.48. The zero-order chi connectivity index (χ0) is 15.0. The predicted molar refractivity (Wildman–Crippen MR) is 77.4 cm³/mol. The summed E-state index contributed by atoms with van der Waals surface area (Å²) in [7, 11) is 0. The Balaban J connectivity index is 2.37. The summed E-state index contributed by atoms with van der Waals surface area (Å²) >= 11 is 0. The van der Waals surface area contributed by atoms with Gasteiger partial charge >= 0.3 is 0 Å². The molecule has 0 spiro atoms. The summed E-state index contributed by atoms with van der Waals surface area (Å²) in [6.07, 6.45) is 1.36. The van der Waals surface area contributed by atoms with Gasteiger partial charge in [0, 0.05) is 37.7 Å². The Hall–Kier alpha value is -1.95. The van der Waals surface area contributed by atoms with Crippen molar-refractivity contribution in [3.63, 3.8) is 0 Å². The molecule has 1 aromatic carbocycles. The molecule has 20 heavy (non-hydrogen) atoms. The van der Waals surface area contributed by atoms with Crippen LogP contribution in [0.4, 0.5) is 5.69 Å². The van der Waals surface area contributed by atoms with Crippen molar-refractivity contribution in [1.29, 1.82) is 0 Å². The highest BCUT2D eigenvalue weighted by Gasteiger charge is 2.09. The number of hydrogen-bond acceptors (Lipinski definition) is 4. The smallest absolute Gasteiger partial charge is 0.269 e. The van der Waals surface area contributed by atoms with Crippen LogP contribution in [0.5, 0.6) is 0 Å². The van der Waals surface area contributed by atoms with Crippen molar-refractivity contribution in [1.82, 2.24) is 10.6 Å². The van der Waals surface area contributed by atoms with Gasteiger partial charge in [0.05, 0.1) is 4.92 Å². The number of rotatable bonds is 8. The van der Waals surface area contributed by atoms with Gasteiger partial charge in [0.2, 0.25) is 5.91 Å². The monoisotopic (exact) mass is 279 g/mol. The van der Waals surface area contributed by atoms with Gasteiger partial charge in [-0.25, -0.2) is 0 Å². The molecule has 0 saturated carbocycles. The first-order valence-electron chi connectivity index (χ1n) is 6.79. The van der Waals surface area contributed by atoms with Crippen molar-refractivity contribution >= 4 is 11.6 Å². The molecule has 1 aromatic rings. The molecule has 0 saturated heterocycles. The number of nitro groups is 1. The number of benzene rings is 1. The molecule has 0 aromatic heterocycles. The lowest BCUT2D eigenvalue weighted by Crippen LogP contribution is -2.29. The molecule has 0 bridgehead atoms. The molecule has 1 atom stereocenters. The Kier molecular flexibility index (Phi) is 6.66. The van der Waals surface area contributed by atoms with Gasteiger partial charge in [0.25, 0.3) is 5.69 Å². The van der Waals surface area contributed by atoms with Crippen LogP contribution in [-0.4, -0.2) is 23.9 Å². The van der Waals surface area contributed by atoms with E-state index >= 15 is 0 Å². The summed E-state index contributed by atoms with van der Waals surface area (Å²) in [5.74, 6) is 0.0373. The highest BCUT2D eigenvalue weighted by molar-refractivity contribution is 5.75. The highest BCUT2D eigenvalue weighted by atomic mass is 16.6. The van der Waals surface area contributed by atoms with Crippen molar-refractivity contribution in [3.8, 4) is 0 Å². The van der Waals surface area contributed by atoms with Gasteiger partial charge in [0.1, 0.15) is 0 Å². The highest BCUT2D eigenvalue weighted by Crippen LogP contribution is 2.17. The molecule has 2 N–H and O–H groups in total. The van der Waals surface area contributed by atoms with E-state index in [1.165, 1.54) is 12.1 Å². The van der Waals surface area contributed by atoms with Crippen LogP contribution in [0.25, 0.3) is 0 Å². The molecule has 0 aliphatic carbocycles. The maximum absolute atomic E-state index is 11.4. The lowest BCUT2D eigenvalue weighted by molar-refractivity contribution is -0.384. The topological polar surface area (TPSA) is 84.3 Å². The fourth-order valence-corrected chi connectivity index (χ4v) is 1.76. The Labute approximate surface area is 118 Å². The number of carbonyl (C=O) groups excluding carboxylic acids is 1. The third kappa shape index (κ3) is 5.36. The third-order valence-electron chi connectivity index (χ3n) is 2.98. The van der Waals surface area contributed by atoms with E-state index in [9.17, 15) is 14.9 Å². The van der Waals surface area contributed by atoms with Crippen molar-refractivity contribution < 1.29 is 9.72 Å². The number of nitrogens with zero attached hydrogens (tertiary/aromatic N) is 1. The Morgan fingerprint density at radius 2 is 1.95 bits per heavy atom. The molecule has 0 aliphatic rings. The minimum atomic E-state index is -0.417. The summed E-state index contributed by atoms with van der Waals surface area (Å²) in [4.78, 5) is 21.6. The van der Waals surface area contributed by atoms with E-state index in [2.05, 4.69) is 10.6 Å². The van der Waals surface area contributed by atoms with Gasteiger partial charge in [-0.15, -0.1) is 0 Å². The minimum absolute atomic E-state index is 0.0373. The van der Waals surface area contributed by atoms with Crippen LogP contribution in [0.1, 0.15) is 38.3 Å². The SMILES string of the molecule is CCCNC(=O)CCNC(C)c1ccc([N+](=O)[O-])cc1. The van der Waals surface area contributed by atoms with Gasteiger partial charge in [-0.2, -0.15) is 0 Å². The van der Waals surface area contributed by atoms with Gasteiger partial charge < -0.3 is 10.6 Å². The summed E-state index contributed by atoms with van der Waals surface area (Å²) in [5.41, 5.74) is 1.05. The molecule has 1 unspecified atom stereocenters. The molecule has 0 radical (unpaired) electrons. The molecule has 1 rings (SSSR count). The van der Waals surface area contributed by atoms with Gasteiger partial charge in [-0.1, -0.05) is 19.1 Å². The summed E-state index contributed by atoms with van der Waals surface area (Å²) < 4.78 is 0. The van der Waals surface area contributed by atoms with Gasteiger partial charge in [-0.05, 0) is 18.9 Å². The van der Waals surface area contributed by atoms with Crippen LogP contribution in [-0.2, 0) is 4.79 Å². The Morgan fingerprint density at radius 1 is 1.30 bits per heavy atom. The van der Waals surface area contributed by atoms with Crippen molar-refractivity contribution in [3.05, 3.63) is 39.9 Å². The lowest BCUT2D eigenvalue weighted by atomic mass is 10.1.